The Morgan fingerprint density at radius 2 is 1.96 bits per heavy atom. The van der Waals surface area contributed by atoms with E-state index in [-0.39, 0.29) is 12.2 Å². The van der Waals surface area contributed by atoms with Crippen LogP contribution >= 0.6 is 0 Å². The maximum absolute atomic E-state index is 11.4. The number of carbonyl (C=O) groups is 1. The average Bonchev–Trinajstić information content (AvgIpc) is 2.57. The van der Waals surface area contributed by atoms with Crippen LogP contribution in [0.25, 0.3) is 0 Å². The predicted octanol–water partition coefficient (Wildman–Crippen LogP) is -2.68. The number of amides is 1. The Morgan fingerprint density at radius 1 is 1.30 bits per heavy atom. The second kappa shape index (κ2) is 8.66. The van der Waals surface area contributed by atoms with Gasteiger partial charge >= 0.3 is 0 Å². The van der Waals surface area contributed by atoms with Gasteiger partial charge in [-0.05, 0) is 0 Å². The third-order valence-corrected chi connectivity index (χ3v) is 3.28. The van der Waals surface area contributed by atoms with Gasteiger partial charge < -0.3 is 40.0 Å². The number of nitrogens with one attached hydrogen (secondary N) is 1. The molecule has 0 aromatic heterocycles. The first kappa shape index (κ1) is 19.1. The van der Waals surface area contributed by atoms with Crippen molar-refractivity contribution in [2.45, 2.75) is 37.1 Å². The van der Waals surface area contributed by atoms with Gasteiger partial charge in [0.15, 0.2) is 5.76 Å². The normalized spacial score (nSPS) is 31.6. The molecule has 0 unspecified atom stereocenters. The van der Waals surface area contributed by atoms with E-state index in [1.807, 2.05) is 0 Å². The van der Waals surface area contributed by atoms with Crippen molar-refractivity contribution in [1.82, 2.24) is 5.32 Å². The molecule has 0 saturated carbocycles. The first-order valence-corrected chi connectivity index (χ1v) is 6.74. The van der Waals surface area contributed by atoms with Crippen molar-refractivity contribution in [3.63, 3.8) is 0 Å². The molecule has 1 fully saturated rings. The maximum atomic E-state index is 11.4. The van der Waals surface area contributed by atoms with Crippen molar-refractivity contribution in [3.05, 3.63) is 11.5 Å². The number of allylic oxidation sites excluding steroid dienone is 1. The standard InChI is InChI=1S/C13H20N2O8/c1-15-9(17)3-6(21-2)7(4-14)22-13-12(20)11(19)10(18)8(5-16)23-13/h8,10-13,16,18-20H,3,5H2,1-2H3,(H,15,17)/b7-6-/t8-,10-,11+,12-,13-/m1/s1. The highest BCUT2D eigenvalue weighted by molar-refractivity contribution is 5.77. The summed E-state index contributed by atoms with van der Waals surface area (Å²) < 4.78 is 15.2. The Bertz CT molecular complexity index is 487. The maximum Gasteiger partial charge on any atom is 0.238 e. The van der Waals surface area contributed by atoms with Gasteiger partial charge in [0.05, 0.1) is 20.1 Å². The molecule has 1 saturated heterocycles. The summed E-state index contributed by atoms with van der Waals surface area (Å²) in [5, 5.41) is 49.8. The minimum Gasteiger partial charge on any atom is -0.496 e. The number of rotatable bonds is 6. The lowest BCUT2D eigenvalue weighted by atomic mass is 9.99. The molecule has 10 nitrogen and oxygen atoms in total. The topological polar surface area (TPSA) is 162 Å². The molecular formula is C13H20N2O8. The number of hydrogen-bond donors (Lipinski definition) is 5. The number of nitriles is 1. The van der Waals surface area contributed by atoms with E-state index in [1.54, 1.807) is 6.07 Å². The summed E-state index contributed by atoms with van der Waals surface area (Å²) in [6.45, 7) is -0.633. The van der Waals surface area contributed by atoms with Crippen LogP contribution < -0.4 is 5.32 Å². The Morgan fingerprint density at radius 3 is 2.43 bits per heavy atom. The first-order valence-electron chi connectivity index (χ1n) is 6.74. The summed E-state index contributed by atoms with van der Waals surface area (Å²) in [5.74, 6) is -0.976. The summed E-state index contributed by atoms with van der Waals surface area (Å²) in [7, 11) is 2.63. The van der Waals surface area contributed by atoms with Crippen molar-refractivity contribution in [3.8, 4) is 6.07 Å². The number of carbonyl (C=O) groups excluding carboxylic acids is 1. The molecule has 1 aliphatic heterocycles. The third kappa shape index (κ3) is 4.54. The number of methoxy groups -OCH3 is 1. The highest BCUT2D eigenvalue weighted by Gasteiger charge is 2.45. The molecule has 23 heavy (non-hydrogen) atoms. The SMILES string of the molecule is CNC(=O)C/C(OC)=C(\C#N)O[C@@H]1O[C@H](CO)[C@@H](O)[C@H](O)[C@H]1O. The quantitative estimate of drug-likeness (QED) is 0.258. The van der Waals surface area contributed by atoms with Gasteiger partial charge in [-0.1, -0.05) is 0 Å². The summed E-state index contributed by atoms with van der Waals surface area (Å²) >= 11 is 0. The van der Waals surface area contributed by atoms with Gasteiger partial charge in [0.2, 0.25) is 18.0 Å². The van der Waals surface area contributed by atoms with Crippen LogP contribution in [0.4, 0.5) is 0 Å². The zero-order valence-corrected chi connectivity index (χ0v) is 12.7. The largest absolute Gasteiger partial charge is 0.496 e. The van der Waals surface area contributed by atoms with Crippen LogP contribution in [0.1, 0.15) is 6.42 Å². The summed E-state index contributed by atoms with van der Waals surface area (Å²) in [5.41, 5.74) is 0. The first-order chi connectivity index (χ1) is 10.9. The molecule has 0 aliphatic carbocycles. The van der Waals surface area contributed by atoms with Gasteiger partial charge in [0.1, 0.15) is 30.5 Å². The van der Waals surface area contributed by atoms with Gasteiger partial charge in [0.25, 0.3) is 0 Å². The Balaban J connectivity index is 2.96. The van der Waals surface area contributed by atoms with Crippen molar-refractivity contribution >= 4 is 5.91 Å². The molecule has 5 N–H and O–H groups in total. The molecular weight excluding hydrogens is 312 g/mol. The lowest BCUT2D eigenvalue weighted by Gasteiger charge is -2.39. The van der Waals surface area contributed by atoms with Crippen LogP contribution in [0.15, 0.2) is 11.5 Å². The van der Waals surface area contributed by atoms with E-state index in [0.717, 1.165) is 0 Å². The van der Waals surface area contributed by atoms with Crippen molar-refractivity contribution in [2.75, 3.05) is 20.8 Å². The molecule has 1 aliphatic rings. The fourth-order valence-electron chi connectivity index (χ4n) is 1.91. The monoisotopic (exact) mass is 332 g/mol. The molecule has 1 heterocycles. The van der Waals surface area contributed by atoms with Gasteiger partial charge in [-0.25, -0.2) is 0 Å². The number of nitrogens with zero attached hydrogens (tertiary/aromatic N) is 1. The molecule has 0 aromatic carbocycles. The van der Waals surface area contributed by atoms with Crippen molar-refractivity contribution < 1.29 is 39.4 Å². The number of aliphatic hydroxyl groups is 4. The van der Waals surface area contributed by atoms with Gasteiger partial charge in [0, 0.05) is 7.05 Å². The number of hydrogen-bond acceptors (Lipinski definition) is 9. The van der Waals surface area contributed by atoms with E-state index in [0.29, 0.717) is 0 Å². The molecule has 0 radical (unpaired) electrons. The molecule has 1 amide bonds. The van der Waals surface area contributed by atoms with E-state index in [4.69, 9.17) is 24.6 Å². The van der Waals surface area contributed by atoms with E-state index >= 15 is 0 Å². The van der Waals surface area contributed by atoms with Crippen LogP contribution in [-0.2, 0) is 19.0 Å². The van der Waals surface area contributed by atoms with E-state index in [9.17, 15) is 20.1 Å². The average molecular weight is 332 g/mol. The second-order valence-electron chi connectivity index (χ2n) is 4.73. The Labute approximate surface area is 132 Å². The van der Waals surface area contributed by atoms with E-state index < -0.39 is 49.0 Å². The van der Waals surface area contributed by atoms with E-state index in [2.05, 4.69) is 5.32 Å². The molecule has 10 heteroatoms. The third-order valence-electron chi connectivity index (χ3n) is 3.28. The van der Waals surface area contributed by atoms with Gasteiger partial charge in [-0.3, -0.25) is 4.79 Å². The molecule has 130 valence electrons. The zero-order valence-electron chi connectivity index (χ0n) is 12.7. The van der Waals surface area contributed by atoms with Gasteiger partial charge in [-0.15, -0.1) is 0 Å². The van der Waals surface area contributed by atoms with Crippen molar-refractivity contribution in [2.24, 2.45) is 0 Å². The Hall–Kier alpha value is -1.90. The van der Waals surface area contributed by atoms with Crippen molar-refractivity contribution in [1.29, 1.82) is 5.26 Å². The van der Waals surface area contributed by atoms with Crippen LogP contribution in [0.2, 0.25) is 0 Å². The molecule has 0 aromatic rings. The fourth-order valence-corrected chi connectivity index (χ4v) is 1.91. The molecule has 1 rings (SSSR count). The summed E-state index contributed by atoms with van der Waals surface area (Å²) in [6, 6.07) is 1.66. The fraction of sp³-hybridized carbons (Fsp3) is 0.692. The van der Waals surface area contributed by atoms with Crippen LogP contribution in [0.3, 0.4) is 0 Å². The number of aliphatic hydroxyl groups excluding tert-OH is 4. The zero-order chi connectivity index (χ0) is 17.6. The Kier molecular flexibility index (Phi) is 7.21. The molecule has 0 spiro atoms. The smallest absolute Gasteiger partial charge is 0.238 e. The second-order valence-corrected chi connectivity index (χ2v) is 4.73. The predicted molar refractivity (Wildman–Crippen MR) is 73.2 cm³/mol. The van der Waals surface area contributed by atoms with Crippen LogP contribution in [0, 0.1) is 11.3 Å². The minimum absolute atomic E-state index is 0.108. The lowest BCUT2D eigenvalue weighted by molar-refractivity contribution is -0.290. The summed E-state index contributed by atoms with van der Waals surface area (Å²) in [6.07, 6.45) is -7.85. The van der Waals surface area contributed by atoms with Gasteiger partial charge in [-0.2, -0.15) is 5.26 Å². The summed E-state index contributed by atoms with van der Waals surface area (Å²) in [4.78, 5) is 11.4. The molecule has 5 atom stereocenters. The highest BCUT2D eigenvalue weighted by Crippen LogP contribution is 2.25. The minimum atomic E-state index is -1.67. The van der Waals surface area contributed by atoms with Crippen LogP contribution in [0.5, 0.6) is 0 Å². The van der Waals surface area contributed by atoms with Crippen LogP contribution in [-0.4, -0.2) is 77.8 Å². The lowest BCUT2D eigenvalue weighted by Crippen LogP contribution is -2.59. The van der Waals surface area contributed by atoms with E-state index in [1.165, 1.54) is 14.2 Å². The highest BCUT2D eigenvalue weighted by atomic mass is 16.7. The number of ether oxygens (including phenoxy) is 3. The molecule has 0 bridgehead atoms.